The molecule has 0 aliphatic carbocycles. The van der Waals surface area contributed by atoms with E-state index in [1.165, 1.54) is 0 Å². The number of piperazine rings is 1. The first-order valence-electron chi connectivity index (χ1n) is 9.48. The van der Waals surface area contributed by atoms with E-state index in [1.54, 1.807) is 18.4 Å². The van der Waals surface area contributed by atoms with Gasteiger partial charge in [0.15, 0.2) is 0 Å². The minimum Gasteiger partial charge on any atom is -0.383 e. The molecule has 1 saturated heterocycles. The Morgan fingerprint density at radius 2 is 1.86 bits per heavy atom. The molecule has 6 nitrogen and oxygen atoms in total. The van der Waals surface area contributed by atoms with Crippen molar-refractivity contribution in [3.05, 3.63) is 47.1 Å². The second kappa shape index (κ2) is 8.34. The molecule has 1 amide bonds. The van der Waals surface area contributed by atoms with Gasteiger partial charge in [0.05, 0.1) is 22.5 Å². The fourth-order valence-corrected chi connectivity index (χ4v) is 4.37. The molecule has 0 bridgehead atoms. The van der Waals surface area contributed by atoms with E-state index in [4.69, 9.17) is 4.74 Å². The molecule has 1 aromatic carbocycles. The summed E-state index contributed by atoms with van der Waals surface area (Å²) < 4.78 is 6.21. The molecule has 1 aliphatic heterocycles. The number of carbonyl (C=O) groups is 1. The summed E-state index contributed by atoms with van der Waals surface area (Å²) in [5, 5.41) is 2.03. The van der Waals surface area contributed by atoms with E-state index in [2.05, 4.69) is 14.9 Å². The van der Waals surface area contributed by atoms with Crippen LogP contribution in [0.5, 0.6) is 0 Å². The number of fused-ring (bicyclic) bond motifs is 1. The van der Waals surface area contributed by atoms with Crippen molar-refractivity contribution in [2.45, 2.75) is 6.92 Å². The second-order valence-corrected chi connectivity index (χ2v) is 7.87. The minimum absolute atomic E-state index is 0.0954. The van der Waals surface area contributed by atoms with Gasteiger partial charge >= 0.3 is 0 Å². The van der Waals surface area contributed by atoms with Crippen LogP contribution < -0.4 is 0 Å². The Kier molecular flexibility index (Phi) is 5.66. The Hall–Kier alpha value is -2.35. The smallest absolute Gasteiger partial charge is 0.253 e. The summed E-state index contributed by atoms with van der Waals surface area (Å²) in [6.07, 6.45) is 0. The van der Waals surface area contributed by atoms with Crippen molar-refractivity contribution in [2.24, 2.45) is 0 Å². The largest absolute Gasteiger partial charge is 0.383 e. The molecule has 0 atom stereocenters. The summed E-state index contributed by atoms with van der Waals surface area (Å²) in [5.41, 5.74) is 3.64. The van der Waals surface area contributed by atoms with Crippen molar-refractivity contribution < 1.29 is 9.53 Å². The zero-order valence-corrected chi connectivity index (χ0v) is 17.0. The van der Waals surface area contributed by atoms with Gasteiger partial charge in [0, 0.05) is 51.0 Å². The fourth-order valence-electron chi connectivity index (χ4n) is 3.52. The number of thiophene rings is 1. The molecule has 1 aliphatic rings. The number of aromatic nitrogens is 2. The maximum absolute atomic E-state index is 12.9. The average Bonchev–Trinajstić information content (AvgIpc) is 3.20. The molecule has 0 spiro atoms. The van der Waals surface area contributed by atoms with Crippen LogP contribution in [0.15, 0.2) is 35.7 Å². The number of hydrogen-bond acceptors (Lipinski definition) is 6. The van der Waals surface area contributed by atoms with Crippen molar-refractivity contribution in [3.8, 4) is 11.3 Å². The van der Waals surface area contributed by atoms with E-state index in [-0.39, 0.29) is 5.91 Å². The maximum atomic E-state index is 12.9. The lowest BCUT2D eigenvalue weighted by atomic mass is 10.1. The standard InChI is InChI=1S/C21H24N4O2S/c1-15-22-18-7-14-28-20(18)19(23-15)16-3-5-17(6-4-16)21(26)25-10-8-24(9-11-25)12-13-27-2/h3-7,14H,8-13H2,1-2H3. The van der Waals surface area contributed by atoms with Crippen molar-refractivity contribution in [3.63, 3.8) is 0 Å². The zero-order valence-electron chi connectivity index (χ0n) is 16.2. The lowest BCUT2D eigenvalue weighted by Gasteiger charge is -2.34. The number of amides is 1. The first-order chi connectivity index (χ1) is 13.7. The summed E-state index contributed by atoms with van der Waals surface area (Å²) in [5.74, 6) is 0.852. The number of ether oxygens (including phenoxy) is 1. The van der Waals surface area contributed by atoms with Gasteiger partial charge in [-0.05, 0) is 30.5 Å². The van der Waals surface area contributed by atoms with E-state index >= 15 is 0 Å². The highest BCUT2D eigenvalue weighted by atomic mass is 32.1. The SMILES string of the molecule is COCCN1CCN(C(=O)c2ccc(-c3nc(C)nc4ccsc34)cc2)CC1. The maximum Gasteiger partial charge on any atom is 0.253 e. The van der Waals surface area contributed by atoms with Crippen LogP contribution >= 0.6 is 11.3 Å². The Bertz CT molecular complexity index is 962. The quantitative estimate of drug-likeness (QED) is 0.663. The summed E-state index contributed by atoms with van der Waals surface area (Å²) in [6.45, 7) is 6.85. The van der Waals surface area contributed by atoms with Crippen molar-refractivity contribution >= 4 is 27.5 Å². The molecule has 2 aromatic heterocycles. The van der Waals surface area contributed by atoms with Crippen molar-refractivity contribution in [2.75, 3.05) is 46.4 Å². The second-order valence-electron chi connectivity index (χ2n) is 6.96. The van der Waals surface area contributed by atoms with Gasteiger partial charge in [-0.1, -0.05) is 12.1 Å². The third kappa shape index (κ3) is 3.92. The first-order valence-corrected chi connectivity index (χ1v) is 10.4. The van der Waals surface area contributed by atoms with Gasteiger partial charge < -0.3 is 9.64 Å². The molecule has 146 valence electrons. The predicted octanol–water partition coefficient (Wildman–Crippen LogP) is 3.07. The summed E-state index contributed by atoms with van der Waals surface area (Å²) in [7, 11) is 1.72. The van der Waals surface area contributed by atoms with E-state index in [9.17, 15) is 4.79 Å². The number of nitrogens with zero attached hydrogens (tertiary/aromatic N) is 4. The van der Waals surface area contributed by atoms with Gasteiger partial charge in [0.25, 0.3) is 5.91 Å². The van der Waals surface area contributed by atoms with E-state index < -0.39 is 0 Å². The number of rotatable bonds is 5. The normalized spacial score (nSPS) is 15.3. The monoisotopic (exact) mass is 396 g/mol. The van der Waals surface area contributed by atoms with Gasteiger partial charge in [0.2, 0.25) is 0 Å². The van der Waals surface area contributed by atoms with Crippen LogP contribution in [-0.4, -0.2) is 72.1 Å². The van der Waals surface area contributed by atoms with Gasteiger partial charge in [-0.2, -0.15) is 0 Å². The molecule has 28 heavy (non-hydrogen) atoms. The highest BCUT2D eigenvalue weighted by molar-refractivity contribution is 7.17. The summed E-state index contributed by atoms with van der Waals surface area (Å²) >= 11 is 1.64. The Morgan fingerprint density at radius 3 is 2.57 bits per heavy atom. The number of aryl methyl sites for hydroxylation is 1. The van der Waals surface area contributed by atoms with Crippen LogP contribution in [0.25, 0.3) is 21.5 Å². The van der Waals surface area contributed by atoms with Gasteiger partial charge in [-0.25, -0.2) is 9.97 Å². The summed E-state index contributed by atoms with van der Waals surface area (Å²) in [6, 6.07) is 9.81. The number of hydrogen-bond donors (Lipinski definition) is 0. The van der Waals surface area contributed by atoms with E-state index in [0.29, 0.717) is 0 Å². The molecule has 7 heteroatoms. The number of methoxy groups -OCH3 is 1. The molecular weight excluding hydrogens is 372 g/mol. The van der Waals surface area contributed by atoms with Crippen LogP contribution in [0.2, 0.25) is 0 Å². The van der Waals surface area contributed by atoms with Crippen LogP contribution in [0.1, 0.15) is 16.2 Å². The van der Waals surface area contributed by atoms with Gasteiger partial charge in [-0.3, -0.25) is 9.69 Å². The van der Waals surface area contributed by atoms with Crippen molar-refractivity contribution in [1.82, 2.24) is 19.8 Å². The third-order valence-electron chi connectivity index (χ3n) is 5.09. The average molecular weight is 397 g/mol. The lowest BCUT2D eigenvalue weighted by Crippen LogP contribution is -2.49. The predicted molar refractivity (Wildman–Crippen MR) is 112 cm³/mol. The molecule has 3 heterocycles. The van der Waals surface area contributed by atoms with Crippen LogP contribution in [0.3, 0.4) is 0 Å². The molecule has 3 aromatic rings. The Balaban J connectivity index is 1.47. The molecule has 0 unspecified atom stereocenters. The lowest BCUT2D eigenvalue weighted by molar-refractivity contribution is 0.0594. The van der Waals surface area contributed by atoms with Crippen LogP contribution in [0, 0.1) is 6.92 Å². The van der Waals surface area contributed by atoms with Crippen LogP contribution in [0.4, 0.5) is 0 Å². The third-order valence-corrected chi connectivity index (χ3v) is 6.00. The Labute approximate surface area is 168 Å². The summed E-state index contributed by atoms with van der Waals surface area (Å²) in [4.78, 5) is 26.2. The van der Waals surface area contributed by atoms with E-state index in [0.717, 1.165) is 72.2 Å². The molecule has 0 radical (unpaired) electrons. The Morgan fingerprint density at radius 1 is 1.11 bits per heavy atom. The topological polar surface area (TPSA) is 58.6 Å². The highest BCUT2D eigenvalue weighted by Crippen LogP contribution is 2.30. The van der Waals surface area contributed by atoms with Gasteiger partial charge in [-0.15, -0.1) is 11.3 Å². The number of carbonyl (C=O) groups excluding carboxylic acids is 1. The molecular formula is C21H24N4O2S. The zero-order chi connectivity index (χ0) is 19.5. The molecule has 0 saturated carbocycles. The minimum atomic E-state index is 0.0954. The highest BCUT2D eigenvalue weighted by Gasteiger charge is 2.22. The first kappa shape index (κ1) is 19.0. The van der Waals surface area contributed by atoms with Gasteiger partial charge in [0.1, 0.15) is 5.82 Å². The molecule has 0 N–H and O–H groups in total. The van der Waals surface area contributed by atoms with E-state index in [1.807, 2.05) is 47.5 Å². The van der Waals surface area contributed by atoms with Crippen LogP contribution in [-0.2, 0) is 4.74 Å². The van der Waals surface area contributed by atoms with Crippen molar-refractivity contribution in [1.29, 1.82) is 0 Å². The molecule has 4 rings (SSSR count). The molecule has 1 fully saturated rings. The fraction of sp³-hybridized carbons (Fsp3) is 0.381. The number of benzene rings is 1.